The predicted octanol–water partition coefficient (Wildman–Crippen LogP) is 3.09. The lowest BCUT2D eigenvalue weighted by atomic mass is 9.91. The first-order valence-corrected chi connectivity index (χ1v) is 7.64. The van der Waals surface area contributed by atoms with Gasteiger partial charge in [0.25, 0.3) is 5.91 Å². The molecule has 1 aromatic heterocycles. The summed E-state index contributed by atoms with van der Waals surface area (Å²) in [6.07, 6.45) is -0.250. The van der Waals surface area contributed by atoms with E-state index >= 15 is 0 Å². The molecule has 0 saturated carbocycles. The first-order chi connectivity index (χ1) is 8.97. The summed E-state index contributed by atoms with van der Waals surface area (Å²) in [6, 6.07) is 1.86. The molecule has 0 bridgehead atoms. The summed E-state index contributed by atoms with van der Waals surface area (Å²) in [4.78, 5) is 13.0. The number of halogens is 3. The van der Waals surface area contributed by atoms with Gasteiger partial charge >= 0.3 is 0 Å². The maximum Gasteiger partial charge on any atom is 0.252 e. The van der Waals surface area contributed by atoms with Crippen LogP contribution in [-0.2, 0) is 11.3 Å². The van der Waals surface area contributed by atoms with Crippen molar-refractivity contribution in [3.8, 4) is 0 Å². The van der Waals surface area contributed by atoms with E-state index < -0.39 is 12.1 Å². The highest BCUT2D eigenvalue weighted by Crippen LogP contribution is 2.33. The van der Waals surface area contributed by atoms with Crippen LogP contribution in [0, 0.1) is 5.92 Å². The number of nitrogens with two attached hydrogens (primary N) is 1. The number of amides is 1. The van der Waals surface area contributed by atoms with Crippen LogP contribution in [0.15, 0.2) is 6.07 Å². The number of nitrogens with zero attached hydrogens (tertiary/aromatic N) is 1. The molecule has 19 heavy (non-hydrogen) atoms. The van der Waals surface area contributed by atoms with Gasteiger partial charge in [0.15, 0.2) is 6.17 Å². The lowest BCUT2D eigenvalue weighted by Gasteiger charge is -2.32. The van der Waals surface area contributed by atoms with E-state index in [4.69, 9.17) is 28.9 Å². The maximum atomic E-state index is 13.5. The molecule has 106 valence electrons. The lowest BCUT2D eigenvalue weighted by Crippen LogP contribution is -2.40. The molecule has 7 heteroatoms. The Morgan fingerprint density at radius 2 is 2.16 bits per heavy atom. The van der Waals surface area contributed by atoms with E-state index in [2.05, 4.69) is 4.90 Å². The zero-order valence-corrected chi connectivity index (χ0v) is 12.6. The van der Waals surface area contributed by atoms with Crippen molar-refractivity contribution in [2.24, 2.45) is 11.7 Å². The summed E-state index contributed by atoms with van der Waals surface area (Å²) in [5, 5.41) is 0. The number of carbonyl (C=O) groups is 1. The zero-order valence-electron chi connectivity index (χ0n) is 10.2. The Hall–Kier alpha value is -0.360. The smallest absolute Gasteiger partial charge is 0.252 e. The average Bonchev–Trinajstić information content (AvgIpc) is 2.68. The van der Waals surface area contributed by atoms with Crippen LogP contribution in [0.3, 0.4) is 0 Å². The summed E-state index contributed by atoms with van der Waals surface area (Å²) < 4.78 is 14.9. The van der Waals surface area contributed by atoms with Crippen molar-refractivity contribution in [3.63, 3.8) is 0 Å². The molecule has 0 aromatic carbocycles. The molecule has 2 N–H and O–H groups in total. The minimum atomic E-state index is -1.53. The SMILES string of the molecule is NC(=O)[C@@H](F)C1CCN(Cc2cc(Cl)sc2Cl)CC1. The Morgan fingerprint density at radius 3 is 2.63 bits per heavy atom. The number of alkyl halides is 1. The fourth-order valence-corrected chi connectivity index (χ4v) is 3.83. The van der Waals surface area contributed by atoms with E-state index in [1.807, 2.05) is 6.07 Å². The van der Waals surface area contributed by atoms with Gasteiger partial charge in [0.05, 0.1) is 8.67 Å². The second-order valence-electron chi connectivity index (χ2n) is 4.77. The summed E-state index contributed by atoms with van der Waals surface area (Å²) in [5.41, 5.74) is 5.99. The van der Waals surface area contributed by atoms with Crippen molar-refractivity contribution in [2.45, 2.75) is 25.6 Å². The highest BCUT2D eigenvalue weighted by Gasteiger charge is 2.30. The molecule has 2 rings (SSSR count). The van der Waals surface area contributed by atoms with E-state index in [0.717, 1.165) is 18.7 Å². The van der Waals surface area contributed by atoms with Gasteiger partial charge in [-0.25, -0.2) is 4.39 Å². The molecule has 0 aliphatic carbocycles. The van der Waals surface area contributed by atoms with Gasteiger partial charge in [0, 0.05) is 12.5 Å². The van der Waals surface area contributed by atoms with Gasteiger partial charge in [-0.05, 0) is 37.6 Å². The van der Waals surface area contributed by atoms with Gasteiger partial charge in [0.1, 0.15) is 0 Å². The van der Waals surface area contributed by atoms with Crippen LogP contribution in [0.2, 0.25) is 8.67 Å². The fraction of sp³-hybridized carbons (Fsp3) is 0.583. The van der Waals surface area contributed by atoms with E-state index in [1.165, 1.54) is 11.3 Å². The summed E-state index contributed by atoms with van der Waals surface area (Å²) in [5.74, 6) is -1.11. The third-order valence-corrected chi connectivity index (χ3v) is 5.01. The highest BCUT2D eigenvalue weighted by molar-refractivity contribution is 7.20. The number of hydrogen-bond acceptors (Lipinski definition) is 3. The monoisotopic (exact) mass is 324 g/mol. The molecule has 0 spiro atoms. The summed E-state index contributed by atoms with van der Waals surface area (Å²) >= 11 is 13.3. The minimum absolute atomic E-state index is 0.254. The topological polar surface area (TPSA) is 46.3 Å². The van der Waals surface area contributed by atoms with Crippen LogP contribution in [0.4, 0.5) is 4.39 Å². The molecule has 1 aliphatic heterocycles. The molecule has 3 nitrogen and oxygen atoms in total. The number of thiophene rings is 1. The number of rotatable bonds is 4. The van der Waals surface area contributed by atoms with Crippen molar-refractivity contribution in [2.75, 3.05) is 13.1 Å². The van der Waals surface area contributed by atoms with Crippen molar-refractivity contribution in [1.82, 2.24) is 4.90 Å². The number of hydrogen-bond donors (Lipinski definition) is 1. The second kappa shape index (κ2) is 6.39. The van der Waals surface area contributed by atoms with Gasteiger partial charge < -0.3 is 5.73 Å². The van der Waals surface area contributed by atoms with E-state index in [1.54, 1.807) is 0 Å². The van der Waals surface area contributed by atoms with Crippen molar-refractivity contribution in [3.05, 3.63) is 20.3 Å². The fourth-order valence-electron chi connectivity index (χ4n) is 2.36. The molecular formula is C12H15Cl2FN2OS. The van der Waals surface area contributed by atoms with E-state index in [0.29, 0.717) is 28.1 Å². The first-order valence-electron chi connectivity index (χ1n) is 6.07. The van der Waals surface area contributed by atoms with Gasteiger partial charge in [-0.3, -0.25) is 9.69 Å². The molecule has 1 amide bonds. The molecule has 0 radical (unpaired) electrons. The molecule has 2 heterocycles. The molecule has 1 fully saturated rings. The Morgan fingerprint density at radius 1 is 1.53 bits per heavy atom. The van der Waals surface area contributed by atoms with Crippen LogP contribution in [-0.4, -0.2) is 30.1 Å². The van der Waals surface area contributed by atoms with Gasteiger partial charge in [-0.15, -0.1) is 11.3 Å². The Kier molecular flexibility index (Phi) is 5.06. The largest absolute Gasteiger partial charge is 0.367 e. The minimum Gasteiger partial charge on any atom is -0.367 e. The van der Waals surface area contributed by atoms with Crippen LogP contribution in [0.25, 0.3) is 0 Å². The first kappa shape index (κ1) is 15.0. The second-order valence-corrected chi connectivity index (χ2v) is 7.05. The van der Waals surface area contributed by atoms with Gasteiger partial charge in [-0.2, -0.15) is 0 Å². The standard InChI is InChI=1S/C12H15Cl2FN2OS/c13-9-5-8(11(14)19-9)6-17-3-1-7(2-4-17)10(15)12(16)18/h5,7,10H,1-4,6H2,(H2,16,18)/t10-/m0/s1. The Labute approximate surface area is 125 Å². The third-order valence-electron chi connectivity index (χ3n) is 3.44. The average molecular weight is 325 g/mol. The zero-order chi connectivity index (χ0) is 14.0. The van der Waals surface area contributed by atoms with Crippen molar-refractivity contribution in [1.29, 1.82) is 0 Å². The number of piperidine rings is 1. The molecule has 1 aromatic rings. The summed E-state index contributed by atoms with van der Waals surface area (Å²) in [7, 11) is 0. The number of likely N-dealkylation sites (tertiary alicyclic amines) is 1. The van der Waals surface area contributed by atoms with Crippen molar-refractivity contribution >= 4 is 40.4 Å². The van der Waals surface area contributed by atoms with Gasteiger partial charge in [0.2, 0.25) is 0 Å². The van der Waals surface area contributed by atoms with Crippen LogP contribution < -0.4 is 5.73 Å². The van der Waals surface area contributed by atoms with Crippen LogP contribution in [0.5, 0.6) is 0 Å². The number of carbonyl (C=O) groups excluding carboxylic acids is 1. The Balaban J connectivity index is 1.87. The molecular weight excluding hydrogens is 310 g/mol. The summed E-state index contributed by atoms with van der Waals surface area (Å²) in [6.45, 7) is 2.19. The normalized spacial score (nSPS) is 19.5. The highest BCUT2D eigenvalue weighted by atomic mass is 35.5. The lowest BCUT2D eigenvalue weighted by molar-refractivity contribution is -0.125. The molecule has 1 saturated heterocycles. The maximum absolute atomic E-state index is 13.5. The van der Waals surface area contributed by atoms with Crippen molar-refractivity contribution < 1.29 is 9.18 Å². The van der Waals surface area contributed by atoms with E-state index in [-0.39, 0.29) is 5.92 Å². The Bertz CT molecular complexity index is 461. The van der Waals surface area contributed by atoms with E-state index in [9.17, 15) is 9.18 Å². The number of primary amides is 1. The molecule has 0 unspecified atom stereocenters. The van der Waals surface area contributed by atoms with Crippen LogP contribution >= 0.6 is 34.5 Å². The predicted molar refractivity (Wildman–Crippen MR) is 76.4 cm³/mol. The molecule has 1 atom stereocenters. The quantitative estimate of drug-likeness (QED) is 0.925. The third kappa shape index (κ3) is 3.81. The van der Waals surface area contributed by atoms with Gasteiger partial charge in [-0.1, -0.05) is 23.2 Å². The molecule has 1 aliphatic rings. The van der Waals surface area contributed by atoms with Crippen LogP contribution in [0.1, 0.15) is 18.4 Å².